The molecule has 1 aromatic heterocycles. The van der Waals surface area contributed by atoms with Gasteiger partial charge in [0.1, 0.15) is 5.54 Å². The zero-order valence-corrected chi connectivity index (χ0v) is 15.4. The van der Waals surface area contributed by atoms with Crippen LogP contribution in [0.4, 0.5) is 0 Å². The summed E-state index contributed by atoms with van der Waals surface area (Å²) in [6, 6.07) is 7.95. The molecule has 1 saturated heterocycles. The zero-order chi connectivity index (χ0) is 18.3. The second-order valence-corrected chi connectivity index (χ2v) is 8.07. The molecule has 0 saturated carbocycles. The molecular formula is C19H21N3O3S. The summed E-state index contributed by atoms with van der Waals surface area (Å²) in [5.41, 5.74) is 3.27. The van der Waals surface area contributed by atoms with Crippen molar-refractivity contribution in [2.45, 2.75) is 38.1 Å². The van der Waals surface area contributed by atoms with Crippen LogP contribution < -0.4 is 5.32 Å². The number of hydrogen-bond acceptors (Lipinski definition) is 4. The van der Waals surface area contributed by atoms with Gasteiger partial charge < -0.3 is 10.4 Å². The number of fused-ring (bicyclic) bond motifs is 1. The molecule has 2 aliphatic rings. The number of aromatic nitrogens is 2. The Morgan fingerprint density at radius 2 is 2.12 bits per heavy atom. The highest BCUT2D eigenvalue weighted by Crippen LogP contribution is 2.31. The van der Waals surface area contributed by atoms with Crippen molar-refractivity contribution < 1.29 is 14.7 Å². The third kappa shape index (κ3) is 2.70. The van der Waals surface area contributed by atoms with Gasteiger partial charge in [0.2, 0.25) is 0 Å². The van der Waals surface area contributed by atoms with Gasteiger partial charge in [-0.3, -0.25) is 4.79 Å². The average molecular weight is 371 g/mol. The molecule has 4 rings (SSSR count). The van der Waals surface area contributed by atoms with E-state index in [0.717, 1.165) is 47.5 Å². The van der Waals surface area contributed by atoms with Crippen molar-refractivity contribution in [2.24, 2.45) is 0 Å². The highest BCUT2D eigenvalue weighted by molar-refractivity contribution is 7.99. The first-order valence-corrected chi connectivity index (χ1v) is 9.98. The number of para-hydroxylation sites is 1. The Balaban J connectivity index is 1.72. The van der Waals surface area contributed by atoms with Crippen molar-refractivity contribution in [3.05, 3.63) is 46.8 Å². The minimum absolute atomic E-state index is 0.373. The number of amides is 1. The molecule has 1 unspecified atom stereocenters. The van der Waals surface area contributed by atoms with E-state index >= 15 is 0 Å². The number of nitrogens with zero attached hydrogens (tertiary/aromatic N) is 2. The van der Waals surface area contributed by atoms with E-state index in [9.17, 15) is 14.7 Å². The SMILES string of the molecule is Cc1ccccc1-n1nc(C(=O)NC2(C(=O)O)CCSC2)c2c1CCC2. The van der Waals surface area contributed by atoms with Gasteiger partial charge in [0.25, 0.3) is 5.91 Å². The van der Waals surface area contributed by atoms with Crippen LogP contribution in [0.3, 0.4) is 0 Å². The second-order valence-electron chi connectivity index (χ2n) is 6.97. The molecule has 1 aliphatic carbocycles. The number of aryl methyl sites for hydroxylation is 1. The summed E-state index contributed by atoms with van der Waals surface area (Å²) in [4.78, 5) is 24.7. The number of hydrogen-bond donors (Lipinski definition) is 2. The highest BCUT2D eigenvalue weighted by Gasteiger charge is 2.44. The maximum absolute atomic E-state index is 12.9. The van der Waals surface area contributed by atoms with Crippen LogP contribution in [0.5, 0.6) is 0 Å². The van der Waals surface area contributed by atoms with Crippen LogP contribution in [-0.2, 0) is 17.6 Å². The predicted molar refractivity (Wildman–Crippen MR) is 100 cm³/mol. The first kappa shape index (κ1) is 17.1. The van der Waals surface area contributed by atoms with Crippen molar-refractivity contribution in [1.29, 1.82) is 0 Å². The van der Waals surface area contributed by atoms with Crippen LogP contribution in [0.25, 0.3) is 5.69 Å². The normalized spacial score (nSPS) is 21.6. The number of nitrogens with one attached hydrogen (secondary N) is 1. The van der Waals surface area contributed by atoms with Crippen molar-refractivity contribution >= 4 is 23.6 Å². The van der Waals surface area contributed by atoms with E-state index in [1.54, 1.807) is 11.8 Å². The van der Waals surface area contributed by atoms with E-state index in [4.69, 9.17) is 0 Å². The van der Waals surface area contributed by atoms with Crippen molar-refractivity contribution in [3.63, 3.8) is 0 Å². The molecule has 0 spiro atoms. The quantitative estimate of drug-likeness (QED) is 0.862. The summed E-state index contributed by atoms with van der Waals surface area (Å²) in [5.74, 6) is -0.205. The first-order valence-electron chi connectivity index (χ1n) is 8.82. The van der Waals surface area contributed by atoms with Crippen molar-refractivity contribution in [1.82, 2.24) is 15.1 Å². The lowest BCUT2D eigenvalue weighted by Gasteiger charge is -2.24. The van der Waals surface area contributed by atoms with Gasteiger partial charge in [-0.15, -0.1) is 0 Å². The summed E-state index contributed by atoms with van der Waals surface area (Å²) in [6.07, 6.45) is 3.11. The van der Waals surface area contributed by atoms with E-state index in [-0.39, 0.29) is 5.91 Å². The molecule has 7 heteroatoms. The molecule has 0 bridgehead atoms. The van der Waals surface area contributed by atoms with E-state index in [2.05, 4.69) is 10.4 Å². The molecule has 136 valence electrons. The van der Waals surface area contributed by atoms with Gasteiger partial charge in [-0.2, -0.15) is 16.9 Å². The zero-order valence-electron chi connectivity index (χ0n) is 14.6. The molecule has 1 aliphatic heterocycles. The fraction of sp³-hybridized carbons (Fsp3) is 0.421. The number of rotatable bonds is 4. The highest BCUT2D eigenvalue weighted by atomic mass is 32.2. The summed E-state index contributed by atoms with van der Waals surface area (Å²) in [5, 5.41) is 17.0. The summed E-state index contributed by atoms with van der Waals surface area (Å²) in [6.45, 7) is 2.02. The van der Waals surface area contributed by atoms with Crippen LogP contribution in [0.2, 0.25) is 0 Å². The summed E-state index contributed by atoms with van der Waals surface area (Å²) in [7, 11) is 0. The molecule has 2 aromatic rings. The molecule has 2 heterocycles. The van der Waals surface area contributed by atoms with Crippen molar-refractivity contribution in [2.75, 3.05) is 11.5 Å². The Morgan fingerprint density at radius 3 is 2.81 bits per heavy atom. The second kappa shape index (κ2) is 6.46. The lowest BCUT2D eigenvalue weighted by atomic mass is 9.98. The topological polar surface area (TPSA) is 84.2 Å². The van der Waals surface area contributed by atoms with Gasteiger partial charge in [0.05, 0.1) is 5.69 Å². The Labute approximate surface area is 156 Å². The third-order valence-electron chi connectivity index (χ3n) is 5.27. The molecule has 6 nitrogen and oxygen atoms in total. The molecule has 1 atom stereocenters. The van der Waals surface area contributed by atoms with Gasteiger partial charge in [-0.05, 0) is 50.0 Å². The third-order valence-corrected chi connectivity index (χ3v) is 6.46. The number of carboxylic acid groups (broad SMARTS) is 1. The Kier molecular flexibility index (Phi) is 4.26. The Morgan fingerprint density at radius 1 is 1.31 bits per heavy atom. The lowest BCUT2D eigenvalue weighted by Crippen LogP contribution is -2.55. The average Bonchev–Trinajstić information content (AvgIpc) is 3.31. The molecule has 0 radical (unpaired) electrons. The lowest BCUT2D eigenvalue weighted by molar-refractivity contribution is -0.143. The molecule has 1 fully saturated rings. The minimum atomic E-state index is -1.18. The summed E-state index contributed by atoms with van der Waals surface area (Å²) >= 11 is 1.55. The van der Waals surface area contributed by atoms with Crippen LogP contribution in [0.1, 0.15) is 40.2 Å². The maximum Gasteiger partial charge on any atom is 0.330 e. The van der Waals surface area contributed by atoms with Crippen LogP contribution in [0, 0.1) is 6.92 Å². The van der Waals surface area contributed by atoms with Gasteiger partial charge in [0.15, 0.2) is 5.69 Å². The van der Waals surface area contributed by atoms with Gasteiger partial charge in [-0.1, -0.05) is 18.2 Å². The first-order chi connectivity index (χ1) is 12.5. The van der Waals surface area contributed by atoms with E-state index < -0.39 is 11.5 Å². The number of carbonyl (C=O) groups excluding carboxylic acids is 1. The molecular weight excluding hydrogens is 350 g/mol. The van der Waals surface area contributed by atoms with Gasteiger partial charge in [-0.25, -0.2) is 9.48 Å². The number of carboxylic acids is 1. The van der Waals surface area contributed by atoms with Crippen LogP contribution in [0.15, 0.2) is 24.3 Å². The largest absolute Gasteiger partial charge is 0.479 e. The Hall–Kier alpha value is -2.28. The van der Waals surface area contributed by atoms with E-state index in [1.165, 1.54) is 0 Å². The number of carbonyl (C=O) groups is 2. The van der Waals surface area contributed by atoms with E-state index in [1.807, 2.05) is 35.9 Å². The van der Waals surface area contributed by atoms with Crippen LogP contribution in [-0.4, -0.2) is 43.8 Å². The maximum atomic E-state index is 12.9. The smallest absolute Gasteiger partial charge is 0.330 e. The van der Waals surface area contributed by atoms with E-state index in [0.29, 0.717) is 17.9 Å². The minimum Gasteiger partial charge on any atom is -0.479 e. The monoisotopic (exact) mass is 371 g/mol. The van der Waals surface area contributed by atoms with Crippen molar-refractivity contribution in [3.8, 4) is 5.69 Å². The van der Waals surface area contributed by atoms with Gasteiger partial charge >= 0.3 is 5.97 Å². The number of aliphatic carboxylic acids is 1. The van der Waals surface area contributed by atoms with Gasteiger partial charge in [0, 0.05) is 17.0 Å². The molecule has 2 N–H and O–H groups in total. The standard InChI is InChI=1S/C19H21N3O3S/c1-12-5-2-3-7-14(12)22-15-8-4-6-13(15)16(21-22)17(23)20-19(18(24)25)9-10-26-11-19/h2-3,5,7H,4,6,8-11H2,1H3,(H,20,23)(H,24,25). The van der Waals surface area contributed by atoms with Crippen LogP contribution >= 0.6 is 11.8 Å². The Bertz CT molecular complexity index is 884. The molecule has 1 aromatic carbocycles. The predicted octanol–water partition coefficient (Wildman–Crippen LogP) is 2.36. The molecule has 26 heavy (non-hydrogen) atoms. The molecule has 1 amide bonds. The fourth-order valence-corrected chi connectivity index (χ4v) is 5.11. The summed E-state index contributed by atoms with van der Waals surface area (Å²) < 4.78 is 1.86. The number of benzene rings is 1. The fourth-order valence-electron chi connectivity index (χ4n) is 3.78. The number of thioether (sulfide) groups is 1.